The molecular formula is C16H22F4N4. The Morgan fingerprint density at radius 1 is 1.25 bits per heavy atom. The zero-order valence-corrected chi connectivity index (χ0v) is 13.5. The maximum Gasteiger partial charge on any atom is 0.401 e. The molecule has 4 nitrogen and oxygen atoms in total. The van der Waals surface area contributed by atoms with Crippen LogP contribution in [0.3, 0.4) is 0 Å². The van der Waals surface area contributed by atoms with Crippen molar-refractivity contribution in [3.63, 3.8) is 0 Å². The van der Waals surface area contributed by atoms with Crippen LogP contribution in [0.4, 0.5) is 17.6 Å². The fraction of sp³-hybridized carbons (Fsp3) is 0.562. The minimum absolute atomic E-state index is 0.164. The lowest BCUT2D eigenvalue weighted by atomic mass is 10.1. The van der Waals surface area contributed by atoms with E-state index in [1.165, 1.54) is 17.0 Å². The quantitative estimate of drug-likeness (QED) is 0.489. The van der Waals surface area contributed by atoms with Crippen LogP contribution in [0, 0.1) is 11.7 Å². The summed E-state index contributed by atoms with van der Waals surface area (Å²) in [4.78, 5) is 5.52. The van der Waals surface area contributed by atoms with Crippen molar-refractivity contribution in [2.75, 3.05) is 33.2 Å². The predicted molar refractivity (Wildman–Crippen MR) is 85.2 cm³/mol. The third-order valence-electron chi connectivity index (χ3n) is 3.93. The summed E-state index contributed by atoms with van der Waals surface area (Å²) in [6, 6.07) is 6.14. The van der Waals surface area contributed by atoms with Gasteiger partial charge in [0.2, 0.25) is 0 Å². The molecule has 1 atom stereocenters. The Labute approximate surface area is 138 Å². The summed E-state index contributed by atoms with van der Waals surface area (Å²) in [5.74, 6) is 0.455. The second-order valence-electron chi connectivity index (χ2n) is 5.94. The summed E-state index contributed by atoms with van der Waals surface area (Å²) >= 11 is 0. The molecule has 1 saturated heterocycles. The molecule has 0 saturated carbocycles. The van der Waals surface area contributed by atoms with Gasteiger partial charge in [0.1, 0.15) is 5.82 Å². The molecule has 0 bridgehead atoms. The average Bonchev–Trinajstić information content (AvgIpc) is 2.94. The van der Waals surface area contributed by atoms with E-state index in [4.69, 9.17) is 0 Å². The molecule has 2 rings (SSSR count). The standard InChI is InChI=1S/C16H22F4N4/c1-21-15(22-8-12-2-4-14(17)5-3-12)23-9-13-6-7-24(10-13)11-16(18,19)20/h2-5,13H,6-11H2,1H3,(H2,21,22,23). The van der Waals surface area contributed by atoms with Crippen LogP contribution in [0.25, 0.3) is 0 Å². The number of nitrogens with one attached hydrogen (secondary N) is 2. The van der Waals surface area contributed by atoms with Crippen LogP contribution in [0.15, 0.2) is 29.3 Å². The molecule has 0 aliphatic carbocycles. The summed E-state index contributed by atoms with van der Waals surface area (Å²) in [5, 5.41) is 6.23. The summed E-state index contributed by atoms with van der Waals surface area (Å²) in [6.07, 6.45) is -3.41. The summed E-state index contributed by atoms with van der Waals surface area (Å²) in [5.41, 5.74) is 0.913. The zero-order chi connectivity index (χ0) is 17.6. The molecule has 0 radical (unpaired) electrons. The van der Waals surface area contributed by atoms with Crippen LogP contribution in [0.1, 0.15) is 12.0 Å². The van der Waals surface area contributed by atoms with Crippen molar-refractivity contribution in [2.24, 2.45) is 10.9 Å². The Bertz CT molecular complexity index is 542. The molecule has 1 unspecified atom stereocenters. The van der Waals surface area contributed by atoms with Gasteiger partial charge in [-0.25, -0.2) is 4.39 Å². The van der Waals surface area contributed by atoms with Crippen molar-refractivity contribution in [1.29, 1.82) is 0 Å². The predicted octanol–water partition coefficient (Wildman–Crippen LogP) is 2.37. The van der Waals surface area contributed by atoms with Crippen LogP contribution in [0.5, 0.6) is 0 Å². The number of likely N-dealkylation sites (tertiary alicyclic amines) is 1. The summed E-state index contributed by atoms with van der Waals surface area (Å²) < 4.78 is 50.0. The smallest absolute Gasteiger partial charge is 0.356 e. The lowest BCUT2D eigenvalue weighted by Gasteiger charge is -2.18. The minimum atomic E-state index is -4.14. The van der Waals surface area contributed by atoms with Gasteiger partial charge in [0.25, 0.3) is 0 Å². The average molecular weight is 346 g/mol. The van der Waals surface area contributed by atoms with Crippen molar-refractivity contribution < 1.29 is 17.6 Å². The fourth-order valence-corrected chi connectivity index (χ4v) is 2.73. The molecule has 0 amide bonds. The van der Waals surface area contributed by atoms with Crippen molar-refractivity contribution >= 4 is 5.96 Å². The highest BCUT2D eigenvalue weighted by molar-refractivity contribution is 5.79. The number of halogens is 4. The van der Waals surface area contributed by atoms with Crippen LogP contribution in [-0.4, -0.2) is 50.3 Å². The number of hydrogen-bond acceptors (Lipinski definition) is 2. The first-order chi connectivity index (χ1) is 11.4. The lowest BCUT2D eigenvalue weighted by Crippen LogP contribution is -2.40. The van der Waals surface area contributed by atoms with Gasteiger partial charge in [-0.1, -0.05) is 12.1 Å². The van der Waals surface area contributed by atoms with Gasteiger partial charge >= 0.3 is 6.18 Å². The van der Waals surface area contributed by atoms with Gasteiger partial charge in [-0.05, 0) is 36.6 Å². The van der Waals surface area contributed by atoms with E-state index in [2.05, 4.69) is 15.6 Å². The van der Waals surface area contributed by atoms with E-state index >= 15 is 0 Å². The second kappa shape index (κ2) is 8.32. The molecule has 8 heteroatoms. The fourth-order valence-electron chi connectivity index (χ4n) is 2.73. The van der Waals surface area contributed by atoms with Gasteiger partial charge in [0.15, 0.2) is 5.96 Å². The molecule has 1 aliphatic heterocycles. The maximum atomic E-state index is 12.8. The lowest BCUT2D eigenvalue weighted by molar-refractivity contribution is -0.143. The molecule has 2 N–H and O–H groups in total. The first kappa shape index (κ1) is 18.5. The second-order valence-corrected chi connectivity index (χ2v) is 5.94. The molecule has 1 fully saturated rings. The Morgan fingerprint density at radius 2 is 1.96 bits per heavy atom. The first-order valence-corrected chi connectivity index (χ1v) is 7.84. The van der Waals surface area contributed by atoms with Gasteiger partial charge in [-0.3, -0.25) is 9.89 Å². The first-order valence-electron chi connectivity index (χ1n) is 7.84. The van der Waals surface area contributed by atoms with E-state index in [0.717, 1.165) is 12.0 Å². The van der Waals surface area contributed by atoms with E-state index in [0.29, 0.717) is 32.1 Å². The highest BCUT2D eigenvalue weighted by Gasteiger charge is 2.34. The zero-order valence-electron chi connectivity index (χ0n) is 13.5. The maximum absolute atomic E-state index is 12.8. The van der Waals surface area contributed by atoms with Gasteiger partial charge in [-0.15, -0.1) is 0 Å². The van der Waals surface area contributed by atoms with Crippen molar-refractivity contribution in [2.45, 2.75) is 19.1 Å². The molecule has 1 aliphatic rings. The van der Waals surface area contributed by atoms with Crippen LogP contribution >= 0.6 is 0 Å². The number of alkyl halides is 3. The molecule has 0 spiro atoms. The summed E-state index contributed by atoms with van der Waals surface area (Å²) in [6.45, 7) is 1.11. The topological polar surface area (TPSA) is 39.7 Å². The van der Waals surface area contributed by atoms with Crippen LogP contribution in [-0.2, 0) is 6.54 Å². The van der Waals surface area contributed by atoms with Crippen molar-refractivity contribution in [3.8, 4) is 0 Å². The SMILES string of the molecule is CN=C(NCc1ccc(F)cc1)NCC1CCN(CC(F)(F)F)C1. The largest absolute Gasteiger partial charge is 0.401 e. The highest BCUT2D eigenvalue weighted by Crippen LogP contribution is 2.22. The molecule has 1 heterocycles. The van der Waals surface area contributed by atoms with Gasteiger partial charge in [0.05, 0.1) is 6.54 Å². The number of hydrogen-bond donors (Lipinski definition) is 2. The van der Waals surface area contributed by atoms with E-state index in [9.17, 15) is 17.6 Å². The minimum Gasteiger partial charge on any atom is -0.356 e. The Morgan fingerprint density at radius 3 is 2.58 bits per heavy atom. The molecule has 0 aromatic heterocycles. The number of benzene rings is 1. The number of guanidine groups is 1. The van der Waals surface area contributed by atoms with Crippen LogP contribution < -0.4 is 10.6 Å². The van der Waals surface area contributed by atoms with E-state index in [-0.39, 0.29) is 11.7 Å². The number of nitrogens with zero attached hydrogens (tertiary/aromatic N) is 2. The van der Waals surface area contributed by atoms with Crippen molar-refractivity contribution in [1.82, 2.24) is 15.5 Å². The van der Waals surface area contributed by atoms with Gasteiger partial charge < -0.3 is 10.6 Å². The van der Waals surface area contributed by atoms with E-state index in [1.807, 2.05) is 0 Å². The number of aliphatic imine (C=N–C) groups is 1. The van der Waals surface area contributed by atoms with Crippen molar-refractivity contribution in [3.05, 3.63) is 35.6 Å². The third kappa shape index (κ3) is 6.35. The van der Waals surface area contributed by atoms with E-state index < -0.39 is 12.7 Å². The molecular weight excluding hydrogens is 324 g/mol. The Balaban J connectivity index is 1.71. The number of rotatable bonds is 5. The normalized spacial score (nSPS) is 19.5. The Kier molecular flexibility index (Phi) is 6.42. The third-order valence-corrected chi connectivity index (χ3v) is 3.93. The highest BCUT2D eigenvalue weighted by atomic mass is 19.4. The molecule has 24 heavy (non-hydrogen) atoms. The van der Waals surface area contributed by atoms with Gasteiger partial charge in [0, 0.05) is 26.7 Å². The molecule has 1 aromatic rings. The van der Waals surface area contributed by atoms with E-state index in [1.54, 1.807) is 19.2 Å². The molecule has 1 aromatic carbocycles. The van der Waals surface area contributed by atoms with Gasteiger partial charge in [-0.2, -0.15) is 13.2 Å². The summed E-state index contributed by atoms with van der Waals surface area (Å²) in [7, 11) is 1.63. The molecule has 134 valence electrons. The van der Waals surface area contributed by atoms with Crippen LogP contribution in [0.2, 0.25) is 0 Å². The monoisotopic (exact) mass is 346 g/mol. The Hall–Kier alpha value is -1.83.